The molecule has 0 saturated heterocycles. The molecule has 0 aliphatic heterocycles. The Hall–Kier alpha value is -3.68. The summed E-state index contributed by atoms with van der Waals surface area (Å²) in [5.41, 5.74) is 2.20. The third-order valence-electron chi connectivity index (χ3n) is 4.54. The molecule has 0 aliphatic carbocycles. The first-order chi connectivity index (χ1) is 14.6. The van der Waals surface area contributed by atoms with Gasteiger partial charge in [0.05, 0.1) is 48.4 Å². The minimum Gasteiger partial charge on any atom is -0.493 e. The molecular weight excluding hydrogens is 388 g/mol. The predicted octanol–water partition coefficient (Wildman–Crippen LogP) is 3.86. The summed E-state index contributed by atoms with van der Waals surface area (Å²) in [5.74, 6) is 3.65. The molecular formula is C22H24N2O6. The zero-order valence-corrected chi connectivity index (χ0v) is 17.8. The van der Waals surface area contributed by atoms with Crippen molar-refractivity contribution in [3.05, 3.63) is 36.5 Å². The van der Waals surface area contributed by atoms with Gasteiger partial charge in [-0.15, -0.1) is 0 Å². The molecule has 2 aromatic carbocycles. The van der Waals surface area contributed by atoms with Crippen molar-refractivity contribution in [2.75, 3.05) is 42.7 Å². The fourth-order valence-electron chi connectivity index (χ4n) is 3.10. The third kappa shape index (κ3) is 3.89. The maximum Gasteiger partial charge on any atom is 0.203 e. The molecule has 0 N–H and O–H groups in total. The van der Waals surface area contributed by atoms with E-state index >= 15 is 0 Å². The van der Waals surface area contributed by atoms with Crippen molar-refractivity contribution in [3.8, 4) is 57.1 Å². The maximum atomic E-state index is 5.45. The summed E-state index contributed by atoms with van der Waals surface area (Å²) in [6.07, 6.45) is 1.68. The fraction of sp³-hybridized carbons (Fsp3) is 0.273. The lowest BCUT2D eigenvalue weighted by Gasteiger charge is -2.15. The van der Waals surface area contributed by atoms with Crippen LogP contribution in [0.25, 0.3) is 22.6 Å². The quantitative estimate of drug-likeness (QED) is 0.552. The summed E-state index contributed by atoms with van der Waals surface area (Å²) in [4.78, 5) is 9.12. The zero-order chi connectivity index (χ0) is 21.7. The largest absolute Gasteiger partial charge is 0.493 e. The Balaban J connectivity index is 2.12. The summed E-state index contributed by atoms with van der Waals surface area (Å²) >= 11 is 0. The van der Waals surface area contributed by atoms with Crippen molar-refractivity contribution in [2.24, 2.45) is 0 Å². The predicted molar refractivity (Wildman–Crippen MR) is 112 cm³/mol. The highest BCUT2D eigenvalue weighted by molar-refractivity contribution is 5.71. The Morgan fingerprint density at radius 3 is 1.40 bits per heavy atom. The molecule has 3 aromatic rings. The average molecular weight is 412 g/mol. The molecule has 0 atom stereocenters. The van der Waals surface area contributed by atoms with Crippen molar-refractivity contribution in [2.45, 2.75) is 0 Å². The second-order valence-corrected chi connectivity index (χ2v) is 6.09. The van der Waals surface area contributed by atoms with Crippen LogP contribution < -0.4 is 28.4 Å². The minimum atomic E-state index is 0.500. The smallest absolute Gasteiger partial charge is 0.203 e. The molecule has 0 spiro atoms. The van der Waals surface area contributed by atoms with Crippen LogP contribution in [0.15, 0.2) is 36.5 Å². The Morgan fingerprint density at radius 1 is 0.567 bits per heavy atom. The van der Waals surface area contributed by atoms with E-state index in [4.69, 9.17) is 33.4 Å². The van der Waals surface area contributed by atoms with E-state index in [1.165, 1.54) is 0 Å². The highest BCUT2D eigenvalue weighted by atomic mass is 16.5. The molecule has 3 rings (SSSR count). The standard InChI is InChI=1S/C22H24N2O6/c1-25-16-9-13(10-17(26-2)20(16)29-5)15-7-8-23-22(24-15)14-11-18(27-3)21(30-6)19(12-14)28-4/h7-12H,1-6H3. The van der Waals surface area contributed by atoms with Gasteiger partial charge in [-0.3, -0.25) is 0 Å². The van der Waals surface area contributed by atoms with Crippen LogP contribution in [0.1, 0.15) is 0 Å². The van der Waals surface area contributed by atoms with Gasteiger partial charge < -0.3 is 28.4 Å². The van der Waals surface area contributed by atoms with Crippen molar-refractivity contribution in [1.82, 2.24) is 9.97 Å². The number of benzene rings is 2. The molecule has 0 saturated carbocycles. The zero-order valence-electron chi connectivity index (χ0n) is 17.8. The topological polar surface area (TPSA) is 81.2 Å². The van der Waals surface area contributed by atoms with Crippen LogP contribution in [0.2, 0.25) is 0 Å². The second-order valence-electron chi connectivity index (χ2n) is 6.09. The van der Waals surface area contributed by atoms with Gasteiger partial charge in [0.15, 0.2) is 28.8 Å². The van der Waals surface area contributed by atoms with E-state index < -0.39 is 0 Å². The van der Waals surface area contributed by atoms with Crippen LogP contribution in [0, 0.1) is 0 Å². The summed E-state index contributed by atoms with van der Waals surface area (Å²) in [6.45, 7) is 0. The number of rotatable bonds is 8. The average Bonchev–Trinajstić information content (AvgIpc) is 2.81. The first-order valence-corrected chi connectivity index (χ1v) is 9.03. The highest BCUT2D eigenvalue weighted by Crippen LogP contribution is 2.42. The van der Waals surface area contributed by atoms with Gasteiger partial charge in [0, 0.05) is 17.3 Å². The van der Waals surface area contributed by atoms with Crippen molar-refractivity contribution >= 4 is 0 Å². The first-order valence-electron chi connectivity index (χ1n) is 9.03. The van der Waals surface area contributed by atoms with Gasteiger partial charge in [0.2, 0.25) is 11.5 Å². The van der Waals surface area contributed by atoms with E-state index in [1.54, 1.807) is 61.0 Å². The molecule has 1 aromatic heterocycles. The molecule has 0 fully saturated rings. The third-order valence-corrected chi connectivity index (χ3v) is 4.54. The lowest BCUT2D eigenvalue weighted by molar-refractivity contribution is 0.324. The van der Waals surface area contributed by atoms with E-state index in [2.05, 4.69) is 4.98 Å². The maximum absolute atomic E-state index is 5.45. The lowest BCUT2D eigenvalue weighted by atomic mass is 10.1. The van der Waals surface area contributed by atoms with Gasteiger partial charge in [-0.05, 0) is 30.3 Å². The molecule has 8 heteroatoms. The number of hydrogen-bond acceptors (Lipinski definition) is 8. The van der Waals surface area contributed by atoms with E-state index in [1.807, 2.05) is 18.2 Å². The van der Waals surface area contributed by atoms with Crippen LogP contribution in [0.4, 0.5) is 0 Å². The number of methoxy groups -OCH3 is 6. The Labute approximate surface area is 175 Å². The van der Waals surface area contributed by atoms with Gasteiger partial charge in [-0.25, -0.2) is 9.97 Å². The van der Waals surface area contributed by atoms with Crippen LogP contribution in [0.3, 0.4) is 0 Å². The Kier molecular flexibility index (Phi) is 6.46. The molecule has 1 heterocycles. The van der Waals surface area contributed by atoms with E-state index in [0.29, 0.717) is 46.0 Å². The van der Waals surface area contributed by atoms with Crippen LogP contribution >= 0.6 is 0 Å². The summed E-state index contributed by atoms with van der Waals surface area (Å²) in [7, 11) is 9.39. The van der Waals surface area contributed by atoms with Gasteiger partial charge in [-0.2, -0.15) is 0 Å². The van der Waals surface area contributed by atoms with Crippen molar-refractivity contribution in [1.29, 1.82) is 0 Å². The second kappa shape index (κ2) is 9.21. The number of hydrogen-bond donors (Lipinski definition) is 0. The number of aromatic nitrogens is 2. The first kappa shape index (κ1) is 21.0. The Morgan fingerprint density at radius 2 is 1.00 bits per heavy atom. The van der Waals surface area contributed by atoms with Gasteiger partial charge in [0.1, 0.15) is 0 Å². The van der Waals surface area contributed by atoms with E-state index in [-0.39, 0.29) is 0 Å². The van der Waals surface area contributed by atoms with Crippen LogP contribution in [-0.2, 0) is 0 Å². The molecule has 158 valence electrons. The molecule has 0 amide bonds. The molecule has 0 bridgehead atoms. The van der Waals surface area contributed by atoms with Gasteiger partial charge in [0.25, 0.3) is 0 Å². The SMILES string of the molecule is COc1cc(-c2ccnc(-c3cc(OC)c(OC)c(OC)c3)n2)cc(OC)c1OC. The molecule has 0 unspecified atom stereocenters. The van der Waals surface area contributed by atoms with Gasteiger partial charge >= 0.3 is 0 Å². The van der Waals surface area contributed by atoms with Crippen LogP contribution in [0.5, 0.6) is 34.5 Å². The number of ether oxygens (including phenoxy) is 6. The summed E-state index contributed by atoms with van der Waals surface area (Å²) < 4.78 is 32.5. The van der Waals surface area contributed by atoms with E-state index in [0.717, 1.165) is 11.1 Å². The van der Waals surface area contributed by atoms with Crippen molar-refractivity contribution in [3.63, 3.8) is 0 Å². The Bertz CT molecular complexity index is 909. The molecule has 0 radical (unpaired) electrons. The van der Waals surface area contributed by atoms with Crippen LogP contribution in [-0.4, -0.2) is 52.6 Å². The normalized spacial score (nSPS) is 10.3. The molecule has 8 nitrogen and oxygen atoms in total. The highest BCUT2D eigenvalue weighted by Gasteiger charge is 2.18. The number of nitrogens with zero attached hydrogens (tertiary/aromatic N) is 2. The van der Waals surface area contributed by atoms with E-state index in [9.17, 15) is 0 Å². The van der Waals surface area contributed by atoms with Gasteiger partial charge in [-0.1, -0.05) is 0 Å². The van der Waals surface area contributed by atoms with Crippen molar-refractivity contribution < 1.29 is 28.4 Å². The lowest BCUT2D eigenvalue weighted by Crippen LogP contribution is -1.98. The summed E-state index contributed by atoms with van der Waals surface area (Å²) in [6, 6.07) is 9.08. The summed E-state index contributed by atoms with van der Waals surface area (Å²) in [5, 5.41) is 0. The molecule has 0 aliphatic rings. The minimum absolute atomic E-state index is 0.500. The molecule has 30 heavy (non-hydrogen) atoms. The monoisotopic (exact) mass is 412 g/mol. The fourth-order valence-corrected chi connectivity index (χ4v) is 3.10.